The Kier molecular flexibility index (Phi) is 4.87. The number of rotatable bonds is 5. The lowest BCUT2D eigenvalue weighted by atomic mass is 10.1. The Hall–Kier alpha value is -2.31. The molecule has 0 unspecified atom stereocenters. The quantitative estimate of drug-likeness (QED) is 0.901. The number of fused-ring (bicyclic) bond motifs is 1. The van der Waals surface area contributed by atoms with Gasteiger partial charge in [0.2, 0.25) is 12.7 Å². The molecule has 1 aliphatic rings. The predicted molar refractivity (Wildman–Crippen MR) is 91.4 cm³/mol. The summed E-state index contributed by atoms with van der Waals surface area (Å²) in [5.74, 6) is 1.84. The number of aromatic nitrogens is 1. The fourth-order valence-corrected chi connectivity index (χ4v) is 2.46. The molecule has 1 aliphatic heterocycles. The lowest BCUT2D eigenvalue weighted by Gasteiger charge is -2.23. The maximum atomic E-state index is 12.3. The Labute approximate surface area is 145 Å². The van der Waals surface area contributed by atoms with Gasteiger partial charge in [0.15, 0.2) is 11.5 Å². The molecule has 126 valence electrons. The van der Waals surface area contributed by atoms with Gasteiger partial charge in [-0.25, -0.2) is 4.98 Å². The van der Waals surface area contributed by atoms with E-state index in [2.05, 4.69) is 10.3 Å². The van der Waals surface area contributed by atoms with Crippen LogP contribution < -0.4 is 14.8 Å². The van der Waals surface area contributed by atoms with Crippen LogP contribution in [0.5, 0.6) is 11.5 Å². The minimum absolute atomic E-state index is 0.131. The van der Waals surface area contributed by atoms with Gasteiger partial charge in [0, 0.05) is 12.7 Å². The van der Waals surface area contributed by atoms with Crippen molar-refractivity contribution < 1.29 is 14.3 Å². The van der Waals surface area contributed by atoms with Gasteiger partial charge < -0.3 is 14.8 Å². The topological polar surface area (TPSA) is 63.7 Å². The van der Waals surface area contributed by atoms with E-state index in [1.807, 2.05) is 37.1 Å². The number of nitrogens with one attached hydrogen (secondary N) is 1. The third-order valence-corrected chi connectivity index (χ3v) is 4.11. The van der Waals surface area contributed by atoms with E-state index in [0.717, 1.165) is 17.1 Å². The Balaban J connectivity index is 1.60. The van der Waals surface area contributed by atoms with Crippen LogP contribution in [0.3, 0.4) is 0 Å². The Bertz CT molecular complexity index is 736. The first kappa shape index (κ1) is 16.5. The van der Waals surface area contributed by atoms with Gasteiger partial charge in [-0.05, 0) is 43.8 Å². The molecule has 0 bridgehead atoms. The second kappa shape index (κ2) is 7.07. The Morgan fingerprint density at radius 1 is 1.33 bits per heavy atom. The SMILES string of the molecule is C[C@H](C(=O)Nc1ccc(Cl)cn1)N(C)Cc1ccc2c(c1)OCO2. The van der Waals surface area contributed by atoms with Crippen LogP contribution in [0.4, 0.5) is 5.82 Å². The molecule has 0 saturated heterocycles. The van der Waals surface area contributed by atoms with Crippen LogP contribution in [-0.2, 0) is 11.3 Å². The van der Waals surface area contributed by atoms with E-state index < -0.39 is 0 Å². The Morgan fingerprint density at radius 3 is 2.88 bits per heavy atom. The molecule has 2 heterocycles. The average Bonchev–Trinajstić information content (AvgIpc) is 3.03. The molecule has 0 saturated carbocycles. The zero-order valence-corrected chi connectivity index (χ0v) is 14.2. The maximum absolute atomic E-state index is 12.3. The van der Waals surface area contributed by atoms with Gasteiger partial charge in [-0.3, -0.25) is 9.69 Å². The summed E-state index contributed by atoms with van der Waals surface area (Å²) in [6, 6.07) is 8.82. The molecule has 1 amide bonds. The highest BCUT2D eigenvalue weighted by Gasteiger charge is 2.20. The highest BCUT2D eigenvalue weighted by Crippen LogP contribution is 2.32. The predicted octanol–water partition coefficient (Wildman–Crippen LogP) is 2.92. The van der Waals surface area contributed by atoms with Gasteiger partial charge >= 0.3 is 0 Å². The molecule has 1 aromatic carbocycles. The lowest BCUT2D eigenvalue weighted by molar-refractivity contribution is -0.120. The third kappa shape index (κ3) is 3.77. The van der Waals surface area contributed by atoms with E-state index in [9.17, 15) is 4.79 Å². The van der Waals surface area contributed by atoms with Crippen LogP contribution in [0.25, 0.3) is 0 Å². The number of amides is 1. The molecule has 1 atom stereocenters. The lowest BCUT2D eigenvalue weighted by Crippen LogP contribution is -2.39. The molecule has 2 aromatic rings. The highest BCUT2D eigenvalue weighted by atomic mass is 35.5. The smallest absolute Gasteiger partial charge is 0.242 e. The van der Waals surface area contributed by atoms with Crippen molar-refractivity contribution in [3.8, 4) is 11.5 Å². The van der Waals surface area contributed by atoms with E-state index in [1.165, 1.54) is 6.20 Å². The van der Waals surface area contributed by atoms with Crippen molar-refractivity contribution in [2.45, 2.75) is 19.5 Å². The third-order valence-electron chi connectivity index (χ3n) is 3.89. The van der Waals surface area contributed by atoms with Crippen LogP contribution in [0.2, 0.25) is 5.02 Å². The van der Waals surface area contributed by atoms with Crippen molar-refractivity contribution in [3.05, 3.63) is 47.1 Å². The van der Waals surface area contributed by atoms with Crippen molar-refractivity contribution >= 4 is 23.3 Å². The van der Waals surface area contributed by atoms with Gasteiger partial charge in [-0.1, -0.05) is 17.7 Å². The van der Waals surface area contributed by atoms with E-state index in [0.29, 0.717) is 17.4 Å². The molecule has 6 nitrogen and oxygen atoms in total. The number of pyridine rings is 1. The molecule has 3 rings (SSSR count). The normalized spacial score (nSPS) is 13.8. The van der Waals surface area contributed by atoms with E-state index in [-0.39, 0.29) is 18.7 Å². The van der Waals surface area contributed by atoms with E-state index in [1.54, 1.807) is 12.1 Å². The largest absolute Gasteiger partial charge is 0.454 e. The van der Waals surface area contributed by atoms with E-state index >= 15 is 0 Å². The molecular formula is C17H18ClN3O3. The number of ether oxygens (including phenoxy) is 2. The summed E-state index contributed by atoms with van der Waals surface area (Å²) in [5, 5.41) is 3.31. The Morgan fingerprint density at radius 2 is 2.12 bits per heavy atom. The fourth-order valence-electron chi connectivity index (χ4n) is 2.34. The van der Waals surface area contributed by atoms with Crippen molar-refractivity contribution in [2.24, 2.45) is 0 Å². The summed E-state index contributed by atoms with van der Waals surface area (Å²) >= 11 is 5.79. The van der Waals surface area contributed by atoms with Crippen molar-refractivity contribution in [1.82, 2.24) is 9.88 Å². The first-order valence-electron chi connectivity index (χ1n) is 7.54. The molecule has 1 aromatic heterocycles. The summed E-state index contributed by atoms with van der Waals surface area (Å²) in [6.07, 6.45) is 1.50. The molecule has 7 heteroatoms. The van der Waals surface area contributed by atoms with Gasteiger partial charge in [-0.2, -0.15) is 0 Å². The highest BCUT2D eigenvalue weighted by molar-refractivity contribution is 6.30. The van der Waals surface area contributed by atoms with Crippen LogP contribution in [0, 0.1) is 0 Å². The van der Waals surface area contributed by atoms with E-state index in [4.69, 9.17) is 21.1 Å². The molecule has 1 N–H and O–H groups in total. The minimum Gasteiger partial charge on any atom is -0.454 e. The van der Waals surface area contributed by atoms with Crippen molar-refractivity contribution in [1.29, 1.82) is 0 Å². The fraction of sp³-hybridized carbons (Fsp3) is 0.294. The summed E-state index contributed by atoms with van der Waals surface area (Å²) in [6.45, 7) is 2.71. The number of hydrogen-bond acceptors (Lipinski definition) is 5. The van der Waals surface area contributed by atoms with Crippen molar-refractivity contribution in [3.63, 3.8) is 0 Å². The summed E-state index contributed by atoms with van der Waals surface area (Å²) in [4.78, 5) is 18.4. The molecule has 0 fully saturated rings. The molecule has 0 aliphatic carbocycles. The standard InChI is InChI=1S/C17H18ClN3O3/c1-11(17(22)20-16-6-4-13(18)8-19-16)21(2)9-12-3-5-14-15(7-12)24-10-23-14/h3-8,11H,9-10H2,1-2H3,(H,19,20,22)/t11-/m1/s1. The minimum atomic E-state index is -0.326. The van der Waals surface area contributed by atoms with Crippen LogP contribution in [0.15, 0.2) is 36.5 Å². The monoisotopic (exact) mass is 347 g/mol. The number of nitrogens with zero attached hydrogens (tertiary/aromatic N) is 2. The summed E-state index contributed by atoms with van der Waals surface area (Å²) < 4.78 is 10.7. The number of benzene rings is 1. The zero-order valence-electron chi connectivity index (χ0n) is 13.5. The molecule has 0 spiro atoms. The summed E-state index contributed by atoms with van der Waals surface area (Å²) in [5.41, 5.74) is 1.05. The zero-order chi connectivity index (χ0) is 17.1. The number of carbonyl (C=O) groups is 1. The van der Waals surface area contributed by atoms with Gasteiger partial charge in [0.05, 0.1) is 11.1 Å². The summed E-state index contributed by atoms with van der Waals surface area (Å²) in [7, 11) is 1.89. The van der Waals surface area contributed by atoms with Gasteiger partial charge in [-0.15, -0.1) is 0 Å². The number of carbonyl (C=O) groups excluding carboxylic acids is 1. The molecule has 24 heavy (non-hydrogen) atoms. The number of halogens is 1. The average molecular weight is 348 g/mol. The second-order valence-corrected chi connectivity index (χ2v) is 6.07. The number of hydrogen-bond donors (Lipinski definition) is 1. The maximum Gasteiger partial charge on any atom is 0.242 e. The second-order valence-electron chi connectivity index (χ2n) is 5.63. The molecule has 0 radical (unpaired) electrons. The molecular weight excluding hydrogens is 330 g/mol. The number of likely N-dealkylation sites (N-methyl/N-ethyl adjacent to an activating group) is 1. The first-order chi connectivity index (χ1) is 11.5. The number of anilines is 1. The van der Waals surface area contributed by atoms with Crippen molar-refractivity contribution in [2.75, 3.05) is 19.2 Å². The van der Waals surface area contributed by atoms with Gasteiger partial charge in [0.1, 0.15) is 5.82 Å². The first-order valence-corrected chi connectivity index (χ1v) is 7.92. The van der Waals surface area contributed by atoms with Crippen LogP contribution in [0.1, 0.15) is 12.5 Å². The van der Waals surface area contributed by atoms with Crippen LogP contribution >= 0.6 is 11.6 Å². The van der Waals surface area contributed by atoms with Crippen LogP contribution in [-0.4, -0.2) is 35.7 Å². The van der Waals surface area contributed by atoms with Gasteiger partial charge in [0.25, 0.3) is 0 Å².